The molecule has 2 unspecified atom stereocenters. The largest absolute Gasteiger partial charge is 0.273 e. The SMILES string of the molecule is CP(P)/N=C/C(F)F. The van der Waals surface area contributed by atoms with Gasteiger partial charge in [-0.3, -0.25) is 4.76 Å². The van der Waals surface area contributed by atoms with Crippen LogP contribution in [0.3, 0.4) is 0 Å². The summed E-state index contributed by atoms with van der Waals surface area (Å²) in [7, 11) is 1.73. The molecule has 1 nitrogen and oxygen atoms in total. The van der Waals surface area contributed by atoms with Crippen LogP contribution in [0.5, 0.6) is 0 Å². The number of alkyl halides is 2. The van der Waals surface area contributed by atoms with Gasteiger partial charge in [0.15, 0.2) is 0 Å². The average Bonchev–Trinajstić information content (AvgIpc) is 1.61. The molecule has 2 atom stereocenters. The van der Waals surface area contributed by atoms with Crippen molar-refractivity contribution >= 4 is 22.9 Å². The highest BCUT2D eigenvalue weighted by Gasteiger charge is 1.93. The highest BCUT2D eigenvalue weighted by Crippen LogP contribution is 2.40. The maximum absolute atomic E-state index is 11.2. The number of hydrogen-bond donors (Lipinski definition) is 0. The number of rotatable bonds is 2. The van der Waals surface area contributed by atoms with Gasteiger partial charge >= 0.3 is 0 Å². The predicted octanol–water partition coefficient (Wildman–Crippen LogP) is 2.14. The highest BCUT2D eigenvalue weighted by atomic mass is 32.0. The Balaban J connectivity index is 3.34. The summed E-state index contributed by atoms with van der Waals surface area (Å²) in [5, 5.41) is 0. The Bertz CT molecular complexity index is 73.4. The van der Waals surface area contributed by atoms with Crippen LogP contribution in [0.2, 0.25) is 0 Å². The summed E-state index contributed by atoms with van der Waals surface area (Å²) < 4.78 is 26.0. The minimum Gasteiger partial charge on any atom is -0.264 e. The van der Waals surface area contributed by atoms with Crippen molar-refractivity contribution in [1.82, 2.24) is 0 Å². The zero-order valence-electron chi connectivity index (χ0n) is 4.38. The second-order valence-electron chi connectivity index (χ2n) is 1.17. The van der Waals surface area contributed by atoms with Gasteiger partial charge in [0, 0.05) is 7.76 Å². The van der Waals surface area contributed by atoms with E-state index in [4.69, 9.17) is 0 Å². The monoisotopic (exact) mass is 157 g/mol. The predicted molar refractivity (Wildman–Crippen MR) is 37.1 cm³/mol. The van der Waals surface area contributed by atoms with Gasteiger partial charge in [-0.15, -0.1) is 0 Å². The van der Waals surface area contributed by atoms with Crippen molar-refractivity contribution in [1.29, 1.82) is 0 Å². The molecule has 0 N–H and O–H groups in total. The molecule has 0 aromatic rings. The minimum atomic E-state index is -2.40. The summed E-state index contributed by atoms with van der Waals surface area (Å²) in [6, 6.07) is 0. The van der Waals surface area contributed by atoms with Gasteiger partial charge in [0.2, 0.25) is 0 Å². The van der Waals surface area contributed by atoms with Gasteiger partial charge < -0.3 is 0 Å². The average molecular weight is 157 g/mol. The maximum atomic E-state index is 11.2. The van der Waals surface area contributed by atoms with E-state index in [1.165, 1.54) is 0 Å². The number of hydrogen-bond acceptors (Lipinski definition) is 1. The van der Waals surface area contributed by atoms with E-state index in [0.29, 0.717) is 6.21 Å². The van der Waals surface area contributed by atoms with Gasteiger partial charge in [-0.05, 0) is 6.66 Å². The summed E-state index contributed by atoms with van der Waals surface area (Å²) in [4.78, 5) is 0. The van der Waals surface area contributed by atoms with E-state index in [-0.39, 0.29) is 0 Å². The number of nitrogens with zero attached hydrogens (tertiary/aromatic N) is 1. The Morgan fingerprint density at radius 3 is 2.38 bits per heavy atom. The second-order valence-corrected chi connectivity index (χ2v) is 4.79. The van der Waals surface area contributed by atoms with Gasteiger partial charge in [0.25, 0.3) is 6.43 Å². The van der Waals surface area contributed by atoms with E-state index in [9.17, 15) is 8.78 Å². The summed E-state index contributed by atoms with van der Waals surface area (Å²) in [6.45, 7) is 1.78. The smallest absolute Gasteiger partial charge is 0.264 e. The Morgan fingerprint density at radius 2 is 2.25 bits per heavy atom. The summed E-state index contributed by atoms with van der Waals surface area (Å²) >= 11 is 0. The molecule has 0 spiro atoms. The van der Waals surface area contributed by atoms with E-state index < -0.39 is 14.2 Å². The van der Waals surface area contributed by atoms with Crippen molar-refractivity contribution < 1.29 is 8.78 Å². The van der Waals surface area contributed by atoms with Crippen LogP contribution in [0.15, 0.2) is 4.76 Å². The highest BCUT2D eigenvalue weighted by molar-refractivity contribution is 8.12. The van der Waals surface area contributed by atoms with E-state index in [2.05, 4.69) is 13.7 Å². The quantitative estimate of drug-likeness (QED) is 0.430. The molecule has 0 aliphatic rings. The summed E-state index contributed by atoms with van der Waals surface area (Å²) in [5.74, 6) is 0. The maximum Gasteiger partial charge on any atom is 0.273 e. The van der Waals surface area contributed by atoms with Crippen LogP contribution in [0, 0.1) is 0 Å². The molecule has 0 aliphatic carbocycles. The normalized spacial score (nSPS) is 15.6. The molecule has 0 heterocycles. The van der Waals surface area contributed by atoms with Crippen molar-refractivity contribution in [3.05, 3.63) is 0 Å². The molecule has 0 radical (unpaired) electrons. The van der Waals surface area contributed by atoms with Gasteiger partial charge in [-0.25, -0.2) is 8.78 Å². The third kappa shape index (κ3) is 6.39. The summed E-state index contributed by atoms with van der Waals surface area (Å²) in [6.07, 6.45) is -1.74. The third-order valence-electron chi connectivity index (χ3n) is 0.361. The lowest BCUT2D eigenvalue weighted by Gasteiger charge is -1.91. The molecule has 5 heteroatoms. The van der Waals surface area contributed by atoms with Crippen molar-refractivity contribution in [2.24, 2.45) is 4.76 Å². The van der Waals surface area contributed by atoms with Crippen molar-refractivity contribution in [3.63, 3.8) is 0 Å². The Hall–Kier alpha value is 0.390. The van der Waals surface area contributed by atoms with Crippen LogP contribution >= 0.6 is 16.7 Å². The molecule has 0 rings (SSSR count). The first-order valence-electron chi connectivity index (χ1n) is 1.93. The van der Waals surface area contributed by atoms with E-state index in [0.717, 1.165) is 0 Å². The Kier molecular flexibility index (Phi) is 4.50. The fourth-order valence-electron chi connectivity index (χ4n) is 0.156. The van der Waals surface area contributed by atoms with Gasteiger partial charge in [0.05, 0.1) is 6.21 Å². The molecule has 0 saturated heterocycles. The molecule has 48 valence electrons. The van der Waals surface area contributed by atoms with Crippen LogP contribution in [0.4, 0.5) is 8.78 Å². The van der Waals surface area contributed by atoms with Gasteiger partial charge in [-0.2, -0.15) is 0 Å². The molecular formula is C3H7F2NP2. The lowest BCUT2D eigenvalue weighted by atomic mass is 10.8. The molecular weight excluding hydrogens is 150 g/mol. The van der Waals surface area contributed by atoms with Crippen LogP contribution < -0.4 is 0 Å². The van der Waals surface area contributed by atoms with Crippen LogP contribution in [0.25, 0.3) is 0 Å². The van der Waals surface area contributed by atoms with E-state index >= 15 is 0 Å². The zero-order valence-corrected chi connectivity index (χ0v) is 6.43. The molecule has 0 fully saturated rings. The molecule has 0 aliphatic heterocycles. The van der Waals surface area contributed by atoms with Gasteiger partial charge in [-0.1, -0.05) is 8.93 Å². The lowest BCUT2D eigenvalue weighted by molar-refractivity contribution is 0.232. The van der Waals surface area contributed by atoms with Crippen LogP contribution in [-0.4, -0.2) is 19.3 Å². The third-order valence-corrected chi connectivity index (χ3v) is 1.26. The first-order valence-corrected chi connectivity index (χ1v) is 5.29. The Labute approximate surface area is 50.5 Å². The van der Waals surface area contributed by atoms with E-state index in [1.807, 2.05) is 0 Å². The Morgan fingerprint density at radius 1 is 1.75 bits per heavy atom. The molecule has 8 heavy (non-hydrogen) atoms. The lowest BCUT2D eigenvalue weighted by Crippen LogP contribution is -1.87. The first-order chi connectivity index (χ1) is 3.63. The topological polar surface area (TPSA) is 12.4 Å². The van der Waals surface area contributed by atoms with Crippen molar-refractivity contribution in [3.8, 4) is 0 Å². The molecule has 0 aromatic carbocycles. The summed E-state index contributed by atoms with van der Waals surface area (Å²) in [5.41, 5.74) is 0. The van der Waals surface area contributed by atoms with Crippen molar-refractivity contribution in [2.45, 2.75) is 6.43 Å². The van der Waals surface area contributed by atoms with Gasteiger partial charge in [0.1, 0.15) is 0 Å². The molecule has 0 aromatic heterocycles. The number of halogens is 2. The van der Waals surface area contributed by atoms with Crippen LogP contribution in [-0.2, 0) is 0 Å². The zero-order chi connectivity index (χ0) is 6.57. The molecule has 0 bridgehead atoms. The minimum absolute atomic E-state index is 0.627. The van der Waals surface area contributed by atoms with E-state index in [1.54, 1.807) is 6.66 Å². The molecule has 0 amide bonds. The first kappa shape index (κ1) is 8.39. The van der Waals surface area contributed by atoms with Crippen LogP contribution in [0.1, 0.15) is 0 Å². The fraction of sp³-hybridized carbons (Fsp3) is 0.667. The molecule has 0 saturated carbocycles. The van der Waals surface area contributed by atoms with Crippen molar-refractivity contribution in [2.75, 3.05) is 6.66 Å². The second kappa shape index (κ2) is 4.29. The standard InChI is InChI=1S/C3H7F2NP2/c1-8(7)6-2-3(4)5/h2-3H,7H2,1H3/b6-2+. The fourth-order valence-corrected chi connectivity index (χ4v) is 0.698.